The van der Waals surface area contributed by atoms with Crippen molar-refractivity contribution in [3.05, 3.63) is 65.7 Å². The highest BCUT2D eigenvalue weighted by atomic mass is 35.5. The van der Waals surface area contributed by atoms with Gasteiger partial charge in [0.2, 0.25) is 11.8 Å². The average Bonchev–Trinajstić information content (AvgIpc) is 3.46. The van der Waals surface area contributed by atoms with Crippen LogP contribution < -0.4 is 10.2 Å². The first kappa shape index (κ1) is 24.8. The van der Waals surface area contributed by atoms with Crippen molar-refractivity contribution in [3.63, 3.8) is 0 Å². The number of hydrogen-bond donors (Lipinski definition) is 1. The van der Waals surface area contributed by atoms with Crippen molar-refractivity contribution in [1.82, 2.24) is 20.1 Å². The predicted octanol–water partition coefficient (Wildman–Crippen LogP) is 3.26. The van der Waals surface area contributed by atoms with Gasteiger partial charge in [0, 0.05) is 30.4 Å². The predicted molar refractivity (Wildman–Crippen MR) is 136 cm³/mol. The molecule has 11 heteroatoms. The number of pyridine rings is 1. The third-order valence-corrected chi connectivity index (χ3v) is 7.07. The number of fused-ring (bicyclic) bond motifs is 1. The molecular weight excluding hydrogens is 499 g/mol. The van der Waals surface area contributed by atoms with Crippen molar-refractivity contribution in [3.8, 4) is 11.1 Å². The Morgan fingerprint density at radius 2 is 1.95 bits per heavy atom. The van der Waals surface area contributed by atoms with Crippen LogP contribution in [0.3, 0.4) is 0 Å². The van der Waals surface area contributed by atoms with Crippen LogP contribution in [0.25, 0.3) is 11.1 Å². The van der Waals surface area contributed by atoms with E-state index in [4.69, 9.17) is 11.6 Å². The summed E-state index contributed by atoms with van der Waals surface area (Å²) in [6.07, 6.45) is 3.30. The molecule has 2 amide bonds. The summed E-state index contributed by atoms with van der Waals surface area (Å²) in [6.45, 7) is 1.58. The molecule has 1 N–H and O–H groups in total. The molecule has 1 aromatic carbocycles. The van der Waals surface area contributed by atoms with E-state index in [1.165, 1.54) is 18.0 Å². The van der Waals surface area contributed by atoms with Crippen molar-refractivity contribution in [2.45, 2.75) is 31.5 Å². The Morgan fingerprint density at radius 3 is 2.68 bits per heavy atom. The van der Waals surface area contributed by atoms with E-state index in [1.54, 1.807) is 24.5 Å². The molecule has 2 aliphatic rings. The minimum absolute atomic E-state index is 0.0169. The van der Waals surface area contributed by atoms with Crippen LogP contribution in [-0.4, -0.2) is 69.5 Å². The Labute approximate surface area is 217 Å². The SMILES string of the molecule is CC(=O)C1CN(CC(=O)N2C[C@H](F)C[C@H]2C(=O)Nc2cccnc2Cl)c2ccc(-c3ccnnc3)cc21. The molecule has 190 valence electrons. The Morgan fingerprint density at radius 1 is 1.11 bits per heavy atom. The van der Waals surface area contributed by atoms with Gasteiger partial charge in [0.15, 0.2) is 5.15 Å². The number of Topliss-reactive ketones (excluding diaryl/α,β-unsaturated/α-hetero) is 1. The maximum atomic E-state index is 14.4. The highest BCUT2D eigenvalue weighted by molar-refractivity contribution is 6.32. The van der Waals surface area contributed by atoms with Crippen LogP contribution in [0.2, 0.25) is 5.15 Å². The number of amides is 2. The fourth-order valence-electron chi connectivity index (χ4n) is 4.94. The lowest BCUT2D eigenvalue weighted by Crippen LogP contribution is -2.47. The Kier molecular flexibility index (Phi) is 6.84. The van der Waals surface area contributed by atoms with E-state index >= 15 is 0 Å². The largest absolute Gasteiger partial charge is 0.361 e. The molecule has 9 nitrogen and oxygen atoms in total. The number of nitrogens with zero attached hydrogens (tertiary/aromatic N) is 5. The van der Waals surface area contributed by atoms with Crippen LogP contribution in [0.1, 0.15) is 24.8 Å². The molecule has 5 rings (SSSR count). The number of benzene rings is 1. The molecule has 0 bridgehead atoms. The molecule has 3 aromatic rings. The van der Waals surface area contributed by atoms with Gasteiger partial charge in [0.05, 0.1) is 37.1 Å². The van der Waals surface area contributed by atoms with E-state index < -0.39 is 29.9 Å². The summed E-state index contributed by atoms with van der Waals surface area (Å²) in [4.78, 5) is 45.8. The van der Waals surface area contributed by atoms with E-state index in [2.05, 4.69) is 20.5 Å². The fourth-order valence-corrected chi connectivity index (χ4v) is 5.10. The van der Waals surface area contributed by atoms with Gasteiger partial charge in [-0.15, -0.1) is 0 Å². The molecule has 37 heavy (non-hydrogen) atoms. The minimum atomic E-state index is -1.32. The number of carbonyl (C=O) groups excluding carboxylic acids is 3. The number of aromatic nitrogens is 3. The summed E-state index contributed by atoms with van der Waals surface area (Å²) in [5.41, 5.74) is 3.63. The molecule has 4 heterocycles. The number of nitrogens with one attached hydrogen (secondary N) is 1. The Hall–Kier alpha value is -3.92. The second-order valence-corrected chi connectivity index (χ2v) is 9.53. The molecule has 3 atom stereocenters. The first-order valence-corrected chi connectivity index (χ1v) is 12.2. The van der Waals surface area contributed by atoms with Crippen molar-refractivity contribution in [2.75, 3.05) is 29.9 Å². The van der Waals surface area contributed by atoms with Gasteiger partial charge >= 0.3 is 0 Å². The van der Waals surface area contributed by atoms with Crippen LogP contribution in [0, 0.1) is 0 Å². The third-order valence-electron chi connectivity index (χ3n) is 6.77. The van der Waals surface area contributed by atoms with Gasteiger partial charge in [-0.2, -0.15) is 10.2 Å². The van der Waals surface area contributed by atoms with Crippen LogP contribution in [0.4, 0.5) is 15.8 Å². The number of rotatable bonds is 6. The molecule has 0 spiro atoms. The molecule has 0 aliphatic carbocycles. The molecule has 0 radical (unpaired) electrons. The summed E-state index contributed by atoms with van der Waals surface area (Å²) in [5, 5.41) is 10.5. The minimum Gasteiger partial charge on any atom is -0.361 e. The van der Waals surface area contributed by atoms with E-state index in [9.17, 15) is 18.8 Å². The van der Waals surface area contributed by atoms with Crippen LogP contribution in [0.15, 0.2) is 55.0 Å². The van der Waals surface area contributed by atoms with Crippen molar-refractivity contribution >= 4 is 40.6 Å². The van der Waals surface area contributed by atoms with Gasteiger partial charge in [-0.3, -0.25) is 14.4 Å². The van der Waals surface area contributed by atoms with Gasteiger partial charge in [-0.05, 0) is 48.4 Å². The number of anilines is 2. The highest BCUT2D eigenvalue weighted by Gasteiger charge is 2.41. The number of halogens is 2. The number of likely N-dealkylation sites (tertiary alicyclic amines) is 1. The maximum absolute atomic E-state index is 14.4. The molecule has 2 aliphatic heterocycles. The quantitative estimate of drug-likeness (QED) is 0.495. The van der Waals surface area contributed by atoms with E-state index in [0.717, 1.165) is 22.4 Å². The van der Waals surface area contributed by atoms with Gasteiger partial charge < -0.3 is 15.1 Å². The zero-order valence-electron chi connectivity index (χ0n) is 20.0. The molecule has 1 unspecified atom stereocenters. The van der Waals surface area contributed by atoms with Crippen molar-refractivity contribution in [1.29, 1.82) is 0 Å². The molecule has 1 saturated heterocycles. The zero-order valence-corrected chi connectivity index (χ0v) is 20.7. The number of carbonyl (C=O) groups is 3. The smallest absolute Gasteiger partial charge is 0.247 e. The lowest BCUT2D eigenvalue weighted by molar-refractivity contribution is -0.135. The standard InChI is InChI=1S/C26H24ClFN6O3/c1-15(35)20-13-33(22-5-4-16(9-19(20)22)17-6-8-30-31-11-17)14-24(36)34-12-18(28)10-23(34)26(37)32-21-3-2-7-29-25(21)27/h2-9,11,18,20,23H,10,12-14H2,1H3,(H,32,37)/t18-,20?,23+/m1/s1. The monoisotopic (exact) mass is 522 g/mol. The van der Waals surface area contributed by atoms with Gasteiger partial charge in [-0.1, -0.05) is 17.7 Å². The van der Waals surface area contributed by atoms with Crippen LogP contribution in [-0.2, 0) is 14.4 Å². The van der Waals surface area contributed by atoms with Gasteiger partial charge in [0.1, 0.15) is 18.0 Å². The molecule has 1 fully saturated rings. The normalized spacial score (nSPS) is 20.6. The van der Waals surface area contributed by atoms with Crippen molar-refractivity contribution < 1.29 is 18.8 Å². The van der Waals surface area contributed by atoms with Crippen LogP contribution in [0.5, 0.6) is 0 Å². The summed E-state index contributed by atoms with van der Waals surface area (Å²) in [5.74, 6) is -1.34. The van der Waals surface area contributed by atoms with E-state index in [-0.39, 0.29) is 30.4 Å². The van der Waals surface area contributed by atoms with Crippen molar-refractivity contribution in [2.24, 2.45) is 0 Å². The average molecular weight is 523 g/mol. The summed E-state index contributed by atoms with van der Waals surface area (Å²) >= 11 is 6.03. The first-order valence-electron chi connectivity index (χ1n) is 11.8. The van der Waals surface area contributed by atoms with E-state index in [0.29, 0.717) is 12.2 Å². The lowest BCUT2D eigenvalue weighted by Gasteiger charge is -2.27. The molecular formula is C26H24ClFN6O3. The summed E-state index contributed by atoms with van der Waals surface area (Å²) < 4.78 is 14.4. The summed E-state index contributed by atoms with van der Waals surface area (Å²) in [7, 11) is 0. The number of alkyl halides is 1. The Balaban J connectivity index is 1.35. The zero-order chi connectivity index (χ0) is 26.1. The number of hydrogen-bond acceptors (Lipinski definition) is 7. The lowest BCUT2D eigenvalue weighted by atomic mass is 9.94. The van der Waals surface area contributed by atoms with Gasteiger partial charge in [0.25, 0.3) is 0 Å². The maximum Gasteiger partial charge on any atom is 0.247 e. The Bertz CT molecular complexity index is 1360. The second kappa shape index (κ2) is 10.2. The topological polar surface area (TPSA) is 108 Å². The second-order valence-electron chi connectivity index (χ2n) is 9.17. The first-order chi connectivity index (χ1) is 17.8. The number of ketones is 1. The van der Waals surface area contributed by atoms with E-state index in [1.807, 2.05) is 29.2 Å². The highest BCUT2D eigenvalue weighted by Crippen LogP contribution is 2.39. The molecule has 2 aromatic heterocycles. The van der Waals surface area contributed by atoms with Gasteiger partial charge in [-0.25, -0.2) is 9.37 Å². The summed E-state index contributed by atoms with van der Waals surface area (Å²) in [6, 6.07) is 9.76. The molecule has 0 saturated carbocycles. The fraction of sp³-hybridized carbons (Fsp3) is 0.308. The van der Waals surface area contributed by atoms with Crippen LogP contribution >= 0.6 is 11.6 Å². The third kappa shape index (κ3) is 5.01.